The second-order valence-corrected chi connectivity index (χ2v) is 3.08. The van der Waals surface area contributed by atoms with Crippen molar-refractivity contribution in [3.8, 4) is 0 Å². The molecular formula is C8H11NO. The molecule has 2 bridgehead atoms. The molecule has 2 nitrogen and oxygen atoms in total. The Hall–Kier alpha value is -0.560. The first-order valence-electron chi connectivity index (χ1n) is 3.66. The highest BCUT2D eigenvalue weighted by Crippen LogP contribution is 2.37. The summed E-state index contributed by atoms with van der Waals surface area (Å²) in [4.78, 5) is 0. The Bertz CT molecular complexity index is 225. The maximum Gasteiger partial charge on any atom is 0.0506 e. The molecule has 2 aliphatic carbocycles. The van der Waals surface area contributed by atoms with E-state index in [1.54, 1.807) is 0 Å². The highest BCUT2D eigenvalue weighted by Gasteiger charge is 2.32. The summed E-state index contributed by atoms with van der Waals surface area (Å²) in [6.07, 6.45) is 1.98. The molecule has 2 aliphatic rings. The van der Waals surface area contributed by atoms with E-state index in [0.29, 0.717) is 5.92 Å². The Kier molecular flexibility index (Phi) is 1.21. The van der Waals surface area contributed by atoms with Crippen LogP contribution in [0.15, 0.2) is 16.9 Å². The quantitative estimate of drug-likeness (QED) is 0.506. The lowest BCUT2D eigenvalue weighted by molar-refractivity contribution is 0.238. The summed E-state index contributed by atoms with van der Waals surface area (Å²) in [6, 6.07) is 0.167. The summed E-state index contributed by atoms with van der Waals surface area (Å²) in [5, 5.41) is 8.88. The van der Waals surface area contributed by atoms with Crippen molar-refractivity contribution in [3.05, 3.63) is 16.9 Å². The van der Waals surface area contributed by atoms with Gasteiger partial charge in [-0.1, -0.05) is 0 Å². The van der Waals surface area contributed by atoms with Crippen LogP contribution < -0.4 is 5.73 Å². The fourth-order valence-electron chi connectivity index (χ4n) is 1.83. The van der Waals surface area contributed by atoms with Crippen LogP contribution in [0.5, 0.6) is 0 Å². The minimum Gasteiger partial charge on any atom is -0.396 e. The van der Waals surface area contributed by atoms with Crippen LogP contribution in [0.3, 0.4) is 0 Å². The highest BCUT2D eigenvalue weighted by atomic mass is 16.3. The summed E-state index contributed by atoms with van der Waals surface area (Å²) < 4.78 is 0. The van der Waals surface area contributed by atoms with Gasteiger partial charge in [0, 0.05) is 12.0 Å². The van der Waals surface area contributed by atoms with Crippen molar-refractivity contribution >= 4 is 0 Å². The van der Waals surface area contributed by atoms with Crippen LogP contribution in [0.2, 0.25) is 0 Å². The Morgan fingerprint density at radius 3 is 2.80 bits per heavy atom. The molecule has 2 rings (SSSR count). The fraction of sp³-hybridized carbons (Fsp3) is 0.625. The molecule has 2 atom stereocenters. The van der Waals surface area contributed by atoms with Crippen LogP contribution >= 0.6 is 0 Å². The van der Waals surface area contributed by atoms with Gasteiger partial charge in [-0.3, -0.25) is 0 Å². The van der Waals surface area contributed by atoms with Gasteiger partial charge in [0.1, 0.15) is 0 Å². The predicted octanol–water partition coefficient (Wildman–Crippen LogP) is 0.181. The predicted molar refractivity (Wildman–Crippen MR) is 38.3 cm³/mol. The van der Waals surface area contributed by atoms with E-state index >= 15 is 0 Å². The first kappa shape index (κ1) is 6.17. The summed E-state index contributed by atoms with van der Waals surface area (Å²) in [7, 11) is 0. The van der Waals surface area contributed by atoms with E-state index in [2.05, 4.69) is 5.73 Å². The molecule has 0 fully saturated rings. The topological polar surface area (TPSA) is 46.2 Å². The fourth-order valence-corrected chi connectivity index (χ4v) is 1.83. The first-order chi connectivity index (χ1) is 4.81. The molecule has 10 heavy (non-hydrogen) atoms. The van der Waals surface area contributed by atoms with Crippen LogP contribution in [0.1, 0.15) is 12.8 Å². The van der Waals surface area contributed by atoms with Gasteiger partial charge >= 0.3 is 0 Å². The Balaban J connectivity index is 2.20. The van der Waals surface area contributed by atoms with Gasteiger partial charge in [-0.15, -0.1) is 5.73 Å². The SMILES string of the molecule is N[C@H]1CC2=C=C1[C@@H](CO)C2. The van der Waals surface area contributed by atoms with Crippen molar-refractivity contribution < 1.29 is 5.11 Å². The Morgan fingerprint density at radius 1 is 1.60 bits per heavy atom. The van der Waals surface area contributed by atoms with E-state index in [1.165, 1.54) is 5.57 Å². The summed E-state index contributed by atoms with van der Waals surface area (Å²) in [6.45, 7) is 0.236. The average Bonchev–Trinajstić information content (AvgIpc) is 2.44. The molecule has 0 aliphatic heterocycles. The van der Waals surface area contributed by atoms with Gasteiger partial charge < -0.3 is 10.8 Å². The molecule has 0 aromatic rings. The van der Waals surface area contributed by atoms with E-state index < -0.39 is 0 Å². The van der Waals surface area contributed by atoms with Gasteiger partial charge in [0.25, 0.3) is 0 Å². The highest BCUT2D eigenvalue weighted by molar-refractivity contribution is 5.34. The molecule has 0 saturated heterocycles. The molecule has 0 unspecified atom stereocenters. The molecule has 54 valence electrons. The van der Waals surface area contributed by atoms with E-state index in [0.717, 1.165) is 18.4 Å². The number of hydrogen-bond acceptors (Lipinski definition) is 2. The minimum absolute atomic E-state index is 0.167. The molecular weight excluding hydrogens is 126 g/mol. The van der Waals surface area contributed by atoms with Crippen LogP contribution in [0.25, 0.3) is 0 Å². The van der Waals surface area contributed by atoms with Crippen molar-refractivity contribution in [1.82, 2.24) is 0 Å². The molecule has 0 spiro atoms. The van der Waals surface area contributed by atoms with Crippen LogP contribution in [0.4, 0.5) is 0 Å². The normalized spacial score (nSPS) is 36.2. The van der Waals surface area contributed by atoms with Crippen molar-refractivity contribution in [1.29, 1.82) is 0 Å². The third-order valence-electron chi connectivity index (χ3n) is 2.34. The molecule has 2 heteroatoms. The van der Waals surface area contributed by atoms with Crippen LogP contribution in [-0.4, -0.2) is 17.8 Å². The Labute approximate surface area is 60.0 Å². The maximum absolute atomic E-state index is 8.88. The van der Waals surface area contributed by atoms with Gasteiger partial charge in [-0.2, -0.15) is 0 Å². The number of nitrogens with two attached hydrogens (primary N) is 1. The van der Waals surface area contributed by atoms with E-state index in [4.69, 9.17) is 10.8 Å². The largest absolute Gasteiger partial charge is 0.396 e. The van der Waals surface area contributed by atoms with E-state index in [1.807, 2.05) is 0 Å². The second-order valence-electron chi connectivity index (χ2n) is 3.08. The molecule has 3 N–H and O–H groups in total. The third kappa shape index (κ3) is 0.671. The summed E-state index contributed by atoms with van der Waals surface area (Å²) >= 11 is 0. The number of aliphatic hydroxyl groups excluding tert-OH is 1. The molecule has 0 saturated carbocycles. The number of hydrogen-bond donors (Lipinski definition) is 2. The number of rotatable bonds is 1. The second kappa shape index (κ2) is 1.96. The summed E-state index contributed by atoms with van der Waals surface area (Å²) in [5.41, 5.74) is 11.4. The first-order valence-corrected chi connectivity index (χ1v) is 3.66. The monoisotopic (exact) mass is 137 g/mol. The maximum atomic E-state index is 8.88. The molecule has 0 amide bonds. The van der Waals surface area contributed by atoms with E-state index in [-0.39, 0.29) is 12.6 Å². The van der Waals surface area contributed by atoms with Gasteiger partial charge in [-0.05, 0) is 24.0 Å². The zero-order valence-electron chi connectivity index (χ0n) is 5.80. The standard InChI is InChI=1S/C8H11NO/c9-8-3-5-1-6(4-10)7(8)2-5/h6,8,10H,1,3-4,9H2/t6-,8+/m1/s1. The van der Waals surface area contributed by atoms with Crippen LogP contribution in [-0.2, 0) is 0 Å². The van der Waals surface area contributed by atoms with Gasteiger partial charge in [0.2, 0.25) is 0 Å². The molecule has 0 heterocycles. The molecule has 0 radical (unpaired) electrons. The van der Waals surface area contributed by atoms with Crippen LogP contribution in [0, 0.1) is 5.92 Å². The Morgan fingerprint density at radius 2 is 2.40 bits per heavy atom. The number of aliphatic hydroxyl groups is 1. The zero-order valence-corrected chi connectivity index (χ0v) is 5.80. The van der Waals surface area contributed by atoms with Crippen molar-refractivity contribution in [2.24, 2.45) is 11.7 Å². The third-order valence-corrected chi connectivity index (χ3v) is 2.34. The lowest BCUT2D eigenvalue weighted by Crippen LogP contribution is -2.29. The smallest absolute Gasteiger partial charge is 0.0506 e. The molecule has 0 aromatic heterocycles. The molecule has 0 aromatic carbocycles. The van der Waals surface area contributed by atoms with Gasteiger partial charge in [0.15, 0.2) is 0 Å². The summed E-state index contributed by atoms with van der Waals surface area (Å²) in [5.74, 6) is 0.304. The van der Waals surface area contributed by atoms with Gasteiger partial charge in [0.05, 0.1) is 6.61 Å². The average molecular weight is 137 g/mol. The zero-order chi connectivity index (χ0) is 7.14. The van der Waals surface area contributed by atoms with Crippen molar-refractivity contribution in [2.75, 3.05) is 6.61 Å². The minimum atomic E-state index is 0.167. The lowest BCUT2D eigenvalue weighted by atomic mass is 9.87. The van der Waals surface area contributed by atoms with Gasteiger partial charge in [-0.25, -0.2) is 0 Å². The van der Waals surface area contributed by atoms with Crippen molar-refractivity contribution in [2.45, 2.75) is 18.9 Å². The van der Waals surface area contributed by atoms with Crippen molar-refractivity contribution in [3.63, 3.8) is 0 Å². The van der Waals surface area contributed by atoms with E-state index in [9.17, 15) is 0 Å². The lowest BCUT2D eigenvalue weighted by Gasteiger charge is -2.21.